The summed E-state index contributed by atoms with van der Waals surface area (Å²) < 4.78 is 2.04. The molecule has 1 aromatic heterocycles. The summed E-state index contributed by atoms with van der Waals surface area (Å²) >= 11 is 12.2. The standard InChI is InChI=1S/C17H13Cl2N3O/c18-12-8-14-15(9-13(12)19)22(11-6-7-11)17(20-14)21-16(23)10-4-2-1-3-5-10/h1-5,8-9,11H,6-7H2,(H,20,21,23). The van der Waals surface area contributed by atoms with Crippen molar-refractivity contribution in [2.75, 3.05) is 5.32 Å². The van der Waals surface area contributed by atoms with E-state index in [4.69, 9.17) is 23.2 Å². The molecule has 1 aliphatic carbocycles. The topological polar surface area (TPSA) is 46.9 Å². The smallest absolute Gasteiger partial charge is 0.257 e. The Bertz CT molecular complexity index is 901. The lowest BCUT2D eigenvalue weighted by atomic mass is 10.2. The predicted molar refractivity (Wildman–Crippen MR) is 92.4 cm³/mol. The van der Waals surface area contributed by atoms with Crippen molar-refractivity contribution in [3.05, 3.63) is 58.1 Å². The normalized spacial score (nSPS) is 14.2. The molecule has 4 nitrogen and oxygen atoms in total. The number of benzene rings is 2. The van der Waals surface area contributed by atoms with Crippen LogP contribution in [0.1, 0.15) is 29.2 Å². The van der Waals surface area contributed by atoms with Gasteiger partial charge in [0.05, 0.1) is 21.1 Å². The molecular formula is C17H13Cl2N3O. The van der Waals surface area contributed by atoms with Crippen molar-refractivity contribution in [1.82, 2.24) is 9.55 Å². The van der Waals surface area contributed by atoms with E-state index in [9.17, 15) is 4.79 Å². The average Bonchev–Trinajstić information content (AvgIpc) is 3.32. The highest BCUT2D eigenvalue weighted by Crippen LogP contribution is 2.41. The Balaban J connectivity index is 1.77. The van der Waals surface area contributed by atoms with Crippen molar-refractivity contribution < 1.29 is 4.79 Å². The largest absolute Gasteiger partial charge is 0.307 e. The van der Waals surface area contributed by atoms with Gasteiger partial charge < -0.3 is 4.57 Å². The van der Waals surface area contributed by atoms with Gasteiger partial charge in [0, 0.05) is 11.6 Å². The monoisotopic (exact) mass is 345 g/mol. The van der Waals surface area contributed by atoms with Crippen LogP contribution < -0.4 is 5.32 Å². The third-order valence-electron chi connectivity index (χ3n) is 3.90. The molecule has 0 saturated heterocycles. The maximum atomic E-state index is 12.4. The first-order valence-corrected chi connectivity index (χ1v) is 8.12. The molecule has 1 amide bonds. The minimum Gasteiger partial charge on any atom is -0.307 e. The molecule has 1 fully saturated rings. The van der Waals surface area contributed by atoms with Crippen molar-refractivity contribution in [3.63, 3.8) is 0 Å². The van der Waals surface area contributed by atoms with Crippen LogP contribution in [0.3, 0.4) is 0 Å². The Labute approximate surface area is 143 Å². The van der Waals surface area contributed by atoms with Gasteiger partial charge in [0.15, 0.2) is 0 Å². The lowest BCUT2D eigenvalue weighted by Crippen LogP contribution is -2.15. The molecule has 0 unspecified atom stereocenters. The summed E-state index contributed by atoms with van der Waals surface area (Å²) in [6.07, 6.45) is 2.14. The first-order chi connectivity index (χ1) is 11.1. The number of carbonyl (C=O) groups is 1. The fourth-order valence-corrected chi connectivity index (χ4v) is 2.96. The summed E-state index contributed by atoms with van der Waals surface area (Å²) in [4.78, 5) is 16.9. The van der Waals surface area contributed by atoms with E-state index < -0.39 is 0 Å². The molecule has 0 radical (unpaired) electrons. The first kappa shape index (κ1) is 14.5. The summed E-state index contributed by atoms with van der Waals surface area (Å²) in [7, 11) is 0. The molecule has 116 valence electrons. The number of carbonyl (C=O) groups excluding carboxylic acids is 1. The molecule has 0 bridgehead atoms. The summed E-state index contributed by atoms with van der Waals surface area (Å²) in [6, 6.07) is 13.0. The van der Waals surface area contributed by atoms with Gasteiger partial charge in [-0.25, -0.2) is 4.98 Å². The van der Waals surface area contributed by atoms with Crippen molar-refractivity contribution in [2.24, 2.45) is 0 Å². The van der Waals surface area contributed by atoms with Gasteiger partial charge in [0.25, 0.3) is 5.91 Å². The highest BCUT2D eigenvalue weighted by atomic mass is 35.5. The second kappa shape index (κ2) is 5.55. The van der Waals surface area contributed by atoms with E-state index in [2.05, 4.69) is 10.3 Å². The maximum absolute atomic E-state index is 12.4. The van der Waals surface area contributed by atoms with Gasteiger partial charge in [-0.05, 0) is 37.1 Å². The third kappa shape index (κ3) is 2.69. The van der Waals surface area contributed by atoms with Gasteiger partial charge in [0.1, 0.15) is 0 Å². The highest BCUT2D eigenvalue weighted by Gasteiger charge is 2.29. The fraction of sp³-hybridized carbons (Fsp3) is 0.176. The third-order valence-corrected chi connectivity index (χ3v) is 4.63. The number of aromatic nitrogens is 2. The lowest BCUT2D eigenvalue weighted by molar-refractivity contribution is 0.102. The summed E-state index contributed by atoms with van der Waals surface area (Å²) in [5.74, 6) is 0.356. The number of nitrogens with zero attached hydrogens (tertiary/aromatic N) is 2. The fourth-order valence-electron chi connectivity index (χ4n) is 2.64. The van der Waals surface area contributed by atoms with Crippen molar-refractivity contribution >= 4 is 46.1 Å². The zero-order chi connectivity index (χ0) is 16.0. The molecule has 0 spiro atoms. The molecule has 0 aliphatic heterocycles. The van der Waals surface area contributed by atoms with Crippen molar-refractivity contribution in [1.29, 1.82) is 0 Å². The SMILES string of the molecule is O=C(Nc1nc2cc(Cl)c(Cl)cc2n1C1CC1)c1ccccc1. The number of halogens is 2. The Kier molecular flexibility index (Phi) is 3.51. The minimum absolute atomic E-state index is 0.181. The van der Waals surface area contributed by atoms with Gasteiger partial charge in [-0.1, -0.05) is 41.4 Å². The molecule has 1 aliphatic rings. The molecule has 0 atom stereocenters. The number of nitrogens with one attached hydrogen (secondary N) is 1. The Morgan fingerprint density at radius 1 is 1.13 bits per heavy atom. The second-order valence-corrected chi connectivity index (χ2v) is 6.43. The molecule has 3 aromatic rings. The second-order valence-electron chi connectivity index (χ2n) is 5.61. The zero-order valence-corrected chi connectivity index (χ0v) is 13.6. The Morgan fingerprint density at radius 2 is 1.83 bits per heavy atom. The lowest BCUT2D eigenvalue weighted by Gasteiger charge is -2.09. The number of amides is 1. The number of anilines is 1. The van der Waals surface area contributed by atoms with E-state index in [1.165, 1.54) is 0 Å². The number of rotatable bonds is 3. The van der Waals surface area contributed by atoms with Crippen LogP contribution in [0.4, 0.5) is 5.95 Å². The minimum atomic E-state index is -0.181. The van der Waals surface area contributed by atoms with Crippen LogP contribution in [-0.2, 0) is 0 Å². The number of hydrogen-bond donors (Lipinski definition) is 1. The van der Waals surface area contributed by atoms with E-state index in [1.807, 2.05) is 28.8 Å². The van der Waals surface area contributed by atoms with Crippen molar-refractivity contribution in [2.45, 2.75) is 18.9 Å². The van der Waals surface area contributed by atoms with Gasteiger partial charge in [-0.2, -0.15) is 0 Å². The van der Waals surface area contributed by atoms with Crippen LogP contribution in [-0.4, -0.2) is 15.5 Å². The Morgan fingerprint density at radius 3 is 2.52 bits per heavy atom. The van der Waals surface area contributed by atoms with Crippen molar-refractivity contribution in [3.8, 4) is 0 Å². The molecule has 23 heavy (non-hydrogen) atoms. The van der Waals surface area contributed by atoms with Crippen LogP contribution in [0.15, 0.2) is 42.5 Å². The number of hydrogen-bond acceptors (Lipinski definition) is 2. The van der Waals surface area contributed by atoms with E-state index in [1.54, 1.807) is 18.2 Å². The summed E-state index contributed by atoms with van der Waals surface area (Å²) in [5, 5.41) is 3.85. The molecule has 1 N–H and O–H groups in total. The van der Waals surface area contributed by atoms with Crippen LogP contribution in [0.5, 0.6) is 0 Å². The first-order valence-electron chi connectivity index (χ1n) is 7.37. The molecule has 1 saturated carbocycles. The van der Waals surface area contributed by atoms with E-state index in [0.717, 1.165) is 23.9 Å². The highest BCUT2D eigenvalue weighted by molar-refractivity contribution is 6.42. The van der Waals surface area contributed by atoms with E-state index >= 15 is 0 Å². The molecule has 6 heteroatoms. The van der Waals surface area contributed by atoms with E-state index in [-0.39, 0.29) is 5.91 Å². The molecule has 4 rings (SSSR count). The van der Waals surface area contributed by atoms with Crippen LogP contribution in [0, 0.1) is 0 Å². The average molecular weight is 346 g/mol. The molecule has 2 aromatic carbocycles. The number of fused-ring (bicyclic) bond motifs is 1. The number of imidazole rings is 1. The molecule has 1 heterocycles. The van der Waals surface area contributed by atoms with Gasteiger partial charge in [-0.3, -0.25) is 10.1 Å². The van der Waals surface area contributed by atoms with E-state index in [0.29, 0.717) is 27.6 Å². The van der Waals surface area contributed by atoms with Gasteiger partial charge in [0.2, 0.25) is 5.95 Å². The van der Waals surface area contributed by atoms with Gasteiger partial charge in [-0.15, -0.1) is 0 Å². The zero-order valence-electron chi connectivity index (χ0n) is 12.1. The quantitative estimate of drug-likeness (QED) is 0.731. The van der Waals surface area contributed by atoms with Crippen LogP contribution in [0.2, 0.25) is 10.0 Å². The van der Waals surface area contributed by atoms with Crippen LogP contribution in [0.25, 0.3) is 11.0 Å². The summed E-state index contributed by atoms with van der Waals surface area (Å²) in [5.41, 5.74) is 2.22. The summed E-state index contributed by atoms with van der Waals surface area (Å²) in [6.45, 7) is 0. The Hall–Kier alpha value is -2.04. The van der Waals surface area contributed by atoms with Gasteiger partial charge >= 0.3 is 0 Å². The molecular weight excluding hydrogens is 333 g/mol. The maximum Gasteiger partial charge on any atom is 0.257 e. The predicted octanol–water partition coefficient (Wildman–Crippen LogP) is 4.93. The van der Waals surface area contributed by atoms with Crippen LogP contribution >= 0.6 is 23.2 Å².